The van der Waals surface area contributed by atoms with E-state index in [1.54, 1.807) is 53.1 Å². The number of nitrogens with zero attached hydrogens (tertiary/aromatic N) is 2. The molecule has 4 rings (SSSR count). The summed E-state index contributed by atoms with van der Waals surface area (Å²) in [5.74, 6) is 0.102. The second-order valence-electron chi connectivity index (χ2n) is 6.65. The Labute approximate surface area is 187 Å². The van der Waals surface area contributed by atoms with Crippen molar-refractivity contribution in [1.29, 1.82) is 0 Å². The second kappa shape index (κ2) is 9.04. The van der Waals surface area contributed by atoms with Crippen LogP contribution in [-0.2, 0) is 6.54 Å². The summed E-state index contributed by atoms with van der Waals surface area (Å²) in [4.78, 5) is 30.4. The summed E-state index contributed by atoms with van der Waals surface area (Å²) < 4.78 is 1.60. The van der Waals surface area contributed by atoms with Crippen molar-refractivity contribution >= 4 is 51.6 Å². The van der Waals surface area contributed by atoms with Crippen molar-refractivity contribution in [1.82, 2.24) is 9.55 Å². The normalized spacial score (nSPS) is 11.0. The number of rotatable bonds is 6. The van der Waals surface area contributed by atoms with Crippen LogP contribution < -0.4 is 5.56 Å². The summed E-state index contributed by atoms with van der Waals surface area (Å²) in [5, 5.41) is 2.24. The summed E-state index contributed by atoms with van der Waals surface area (Å²) in [5.41, 5.74) is 1.96. The second-order valence-corrected chi connectivity index (χ2v) is 8.46. The third kappa shape index (κ3) is 4.59. The Morgan fingerprint density at radius 3 is 2.23 bits per heavy atom. The minimum Gasteiger partial charge on any atom is -0.293 e. The first-order valence-electron chi connectivity index (χ1n) is 9.17. The Morgan fingerprint density at radius 2 is 1.53 bits per heavy atom. The summed E-state index contributed by atoms with van der Waals surface area (Å²) in [7, 11) is 0. The van der Waals surface area contributed by atoms with Crippen LogP contribution in [-0.4, -0.2) is 21.1 Å². The zero-order valence-corrected chi connectivity index (χ0v) is 18.0. The highest BCUT2D eigenvalue weighted by molar-refractivity contribution is 7.99. The quantitative estimate of drug-likeness (QED) is 0.212. The first kappa shape index (κ1) is 20.7. The van der Waals surface area contributed by atoms with Gasteiger partial charge in [0.05, 0.1) is 23.2 Å². The fraction of sp³-hybridized carbons (Fsp3) is 0.0870. The lowest BCUT2D eigenvalue weighted by molar-refractivity contribution is 0.102. The Morgan fingerprint density at radius 1 is 0.900 bits per heavy atom. The summed E-state index contributed by atoms with van der Waals surface area (Å²) in [6.45, 7) is 0.339. The highest BCUT2D eigenvalue weighted by Gasteiger charge is 2.14. The molecule has 30 heavy (non-hydrogen) atoms. The van der Waals surface area contributed by atoms with Crippen molar-refractivity contribution in [2.45, 2.75) is 11.7 Å². The van der Waals surface area contributed by atoms with Crippen LogP contribution >= 0.6 is 35.0 Å². The molecule has 0 saturated carbocycles. The highest BCUT2D eigenvalue weighted by Crippen LogP contribution is 2.21. The fourth-order valence-electron chi connectivity index (χ4n) is 3.02. The SMILES string of the molecule is O=C(CSc1nc2ccccc2c(=O)n1Cc1ccc(Cl)cc1)c1ccc(Cl)cc1. The van der Waals surface area contributed by atoms with Gasteiger partial charge in [0.15, 0.2) is 10.9 Å². The number of Topliss-reactive ketones (excluding diaryl/α,β-unsaturated/α-hetero) is 1. The monoisotopic (exact) mass is 454 g/mol. The number of benzene rings is 3. The number of halogens is 2. The Kier molecular flexibility index (Phi) is 6.23. The zero-order valence-electron chi connectivity index (χ0n) is 15.7. The largest absolute Gasteiger partial charge is 0.293 e. The lowest BCUT2D eigenvalue weighted by atomic mass is 10.1. The molecule has 0 radical (unpaired) electrons. The number of carbonyl (C=O) groups excluding carboxylic acids is 1. The topological polar surface area (TPSA) is 52.0 Å². The van der Waals surface area contributed by atoms with Crippen molar-refractivity contribution in [2.24, 2.45) is 0 Å². The minimum atomic E-state index is -0.142. The van der Waals surface area contributed by atoms with Crippen molar-refractivity contribution in [3.8, 4) is 0 Å². The Bertz CT molecular complexity index is 1270. The maximum Gasteiger partial charge on any atom is 0.262 e. The van der Waals surface area contributed by atoms with Gasteiger partial charge in [-0.15, -0.1) is 0 Å². The third-order valence-electron chi connectivity index (χ3n) is 4.58. The van der Waals surface area contributed by atoms with Gasteiger partial charge in [-0.25, -0.2) is 4.98 Å². The summed E-state index contributed by atoms with van der Waals surface area (Å²) in [6, 6.07) is 21.3. The van der Waals surface area contributed by atoms with Crippen LogP contribution in [0.3, 0.4) is 0 Å². The van der Waals surface area contributed by atoms with Gasteiger partial charge in [-0.2, -0.15) is 0 Å². The molecule has 0 spiro atoms. The molecule has 4 aromatic rings. The Hall–Kier alpha value is -2.60. The molecule has 1 heterocycles. The van der Waals surface area contributed by atoms with E-state index >= 15 is 0 Å². The number of hydrogen-bond donors (Lipinski definition) is 0. The van der Waals surface area contributed by atoms with Crippen molar-refractivity contribution in [3.63, 3.8) is 0 Å². The molecule has 0 unspecified atom stereocenters. The standard InChI is InChI=1S/C23H16Cl2N2O2S/c24-17-9-5-15(6-10-17)13-27-22(29)19-3-1-2-4-20(19)26-23(27)30-14-21(28)16-7-11-18(25)12-8-16/h1-12H,13-14H2. The summed E-state index contributed by atoms with van der Waals surface area (Å²) >= 11 is 13.1. The predicted octanol–water partition coefficient (Wildman–Crippen LogP) is 5.73. The van der Waals surface area contributed by atoms with Gasteiger partial charge in [0.25, 0.3) is 5.56 Å². The van der Waals surface area contributed by atoms with E-state index < -0.39 is 0 Å². The van der Waals surface area contributed by atoms with E-state index in [1.807, 2.05) is 24.3 Å². The van der Waals surface area contributed by atoms with Crippen LogP contribution in [0.15, 0.2) is 82.7 Å². The molecule has 0 aliphatic carbocycles. The van der Waals surface area contributed by atoms with Gasteiger partial charge in [-0.1, -0.05) is 59.2 Å². The maximum absolute atomic E-state index is 13.2. The first-order chi connectivity index (χ1) is 14.5. The van der Waals surface area contributed by atoms with Gasteiger partial charge in [0.2, 0.25) is 0 Å². The molecule has 0 fully saturated rings. The van der Waals surface area contributed by atoms with Crippen LogP contribution in [0.1, 0.15) is 15.9 Å². The predicted molar refractivity (Wildman–Crippen MR) is 123 cm³/mol. The van der Waals surface area contributed by atoms with Gasteiger partial charge in [0.1, 0.15) is 0 Å². The molecular formula is C23H16Cl2N2O2S. The van der Waals surface area contributed by atoms with Gasteiger partial charge >= 0.3 is 0 Å². The van der Waals surface area contributed by atoms with Crippen molar-refractivity contribution < 1.29 is 4.79 Å². The zero-order chi connectivity index (χ0) is 21.1. The average molecular weight is 455 g/mol. The molecule has 1 aromatic heterocycles. The van der Waals surface area contributed by atoms with Gasteiger partial charge in [0, 0.05) is 15.6 Å². The number of hydrogen-bond acceptors (Lipinski definition) is 4. The molecular weight excluding hydrogens is 439 g/mol. The number of thioether (sulfide) groups is 1. The maximum atomic E-state index is 13.2. The van der Waals surface area contributed by atoms with Gasteiger partial charge in [-0.05, 0) is 54.1 Å². The molecule has 0 amide bonds. The van der Waals surface area contributed by atoms with Crippen LogP contribution in [0.25, 0.3) is 10.9 Å². The molecule has 4 nitrogen and oxygen atoms in total. The number of fused-ring (bicyclic) bond motifs is 1. The van der Waals surface area contributed by atoms with Crippen molar-refractivity contribution in [2.75, 3.05) is 5.75 Å². The van der Waals surface area contributed by atoms with E-state index in [-0.39, 0.29) is 17.1 Å². The third-order valence-corrected chi connectivity index (χ3v) is 6.06. The smallest absolute Gasteiger partial charge is 0.262 e. The van der Waals surface area contributed by atoms with Crippen LogP contribution in [0.4, 0.5) is 0 Å². The van der Waals surface area contributed by atoms with Gasteiger partial charge in [-0.3, -0.25) is 14.2 Å². The van der Waals surface area contributed by atoms with E-state index in [9.17, 15) is 9.59 Å². The van der Waals surface area contributed by atoms with E-state index in [0.29, 0.717) is 38.2 Å². The molecule has 0 bridgehead atoms. The number of para-hydroxylation sites is 1. The van der Waals surface area contributed by atoms with Crippen LogP contribution in [0, 0.1) is 0 Å². The van der Waals surface area contributed by atoms with Crippen molar-refractivity contribution in [3.05, 3.63) is 104 Å². The molecule has 0 aliphatic rings. The highest BCUT2D eigenvalue weighted by atomic mass is 35.5. The molecule has 0 N–H and O–H groups in total. The van der Waals surface area contributed by atoms with E-state index in [2.05, 4.69) is 4.98 Å². The molecule has 0 saturated heterocycles. The fourth-order valence-corrected chi connectivity index (χ4v) is 4.16. The first-order valence-corrected chi connectivity index (χ1v) is 10.9. The lowest BCUT2D eigenvalue weighted by Crippen LogP contribution is -2.24. The van der Waals surface area contributed by atoms with E-state index in [4.69, 9.17) is 23.2 Å². The average Bonchev–Trinajstić information content (AvgIpc) is 2.76. The molecule has 150 valence electrons. The minimum absolute atomic E-state index is 0.0582. The Balaban J connectivity index is 1.68. The summed E-state index contributed by atoms with van der Waals surface area (Å²) in [6.07, 6.45) is 0. The van der Waals surface area contributed by atoms with Crippen LogP contribution in [0.5, 0.6) is 0 Å². The lowest BCUT2D eigenvalue weighted by Gasteiger charge is -2.13. The van der Waals surface area contributed by atoms with Gasteiger partial charge < -0.3 is 0 Å². The number of carbonyl (C=O) groups is 1. The molecule has 3 aromatic carbocycles. The number of ketones is 1. The molecule has 0 atom stereocenters. The van der Waals surface area contributed by atoms with Crippen LogP contribution in [0.2, 0.25) is 10.0 Å². The number of aromatic nitrogens is 2. The van der Waals surface area contributed by atoms with E-state index in [0.717, 1.165) is 5.56 Å². The molecule has 0 aliphatic heterocycles. The molecule has 7 heteroatoms. The van der Waals surface area contributed by atoms with E-state index in [1.165, 1.54) is 11.8 Å².